The van der Waals surface area contributed by atoms with Gasteiger partial charge in [0.1, 0.15) is 0 Å². The predicted octanol–water partition coefficient (Wildman–Crippen LogP) is -1.12. The lowest BCUT2D eigenvalue weighted by Crippen LogP contribution is -2.35. The van der Waals surface area contributed by atoms with E-state index in [0.29, 0.717) is 6.42 Å². The van der Waals surface area contributed by atoms with E-state index in [2.05, 4.69) is 25.9 Å². The minimum atomic E-state index is -0.525. The molecule has 0 aliphatic carbocycles. The van der Waals surface area contributed by atoms with E-state index in [1.807, 2.05) is 6.92 Å². The Morgan fingerprint density at radius 2 is 2.58 bits per heavy atom. The first-order chi connectivity index (χ1) is 5.74. The van der Waals surface area contributed by atoms with Gasteiger partial charge in [-0.25, -0.2) is 0 Å². The Bertz CT molecular complexity index is 244. The number of hydrogen-bond donors (Lipinski definition) is 3. The first kappa shape index (κ1) is 8.60. The summed E-state index contributed by atoms with van der Waals surface area (Å²) in [6.07, 6.45) is 0.573. The zero-order valence-corrected chi connectivity index (χ0v) is 6.61. The fraction of sp³-hybridized carbons (Fsp3) is 0.600. The molecular formula is C5H10N6O. The van der Waals surface area contributed by atoms with Crippen LogP contribution in [0.4, 0.5) is 5.95 Å². The van der Waals surface area contributed by atoms with Crippen LogP contribution in [0.2, 0.25) is 0 Å². The number of carbonyl (C=O) groups excluding carboxylic acids is 1. The van der Waals surface area contributed by atoms with Gasteiger partial charge in [0.2, 0.25) is 5.91 Å². The average molecular weight is 170 g/mol. The molecule has 0 aliphatic rings. The zero-order valence-electron chi connectivity index (χ0n) is 6.61. The number of H-pyrrole nitrogens is 1. The molecule has 12 heavy (non-hydrogen) atoms. The van der Waals surface area contributed by atoms with E-state index in [9.17, 15) is 4.79 Å². The predicted molar refractivity (Wildman–Crippen MR) is 41.1 cm³/mol. The lowest BCUT2D eigenvalue weighted by atomic mass is 10.2. The topological polar surface area (TPSA) is 110 Å². The molecule has 0 bridgehead atoms. The molecule has 0 aliphatic heterocycles. The molecule has 0 saturated heterocycles. The van der Waals surface area contributed by atoms with Crippen molar-refractivity contribution in [3.63, 3.8) is 0 Å². The number of aromatic amines is 1. The highest BCUT2D eigenvalue weighted by molar-refractivity contribution is 5.92. The number of tetrazole rings is 1. The van der Waals surface area contributed by atoms with Crippen LogP contribution >= 0.6 is 0 Å². The van der Waals surface area contributed by atoms with Gasteiger partial charge in [-0.2, -0.15) is 5.21 Å². The van der Waals surface area contributed by atoms with Crippen LogP contribution in [0.5, 0.6) is 0 Å². The number of nitrogens with one attached hydrogen (secondary N) is 2. The lowest BCUT2D eigenvalue weighted by molar-refractivity contribution is -0.117. The molecule has 4 N–H and O–H groups in total. The first-order valence-electron chi connectivity index (χ1n) is 3.54. The largest absolute Gasteiger partial charge is 0.320 e. The highest BCUT2D eigenvalue weighted by Crippen LogP contribution is 1.94. The Morgan fingerprint density at radius 3 is 3.08 bits per heavy atom. The average Bonchev–Trinajstić information content (AvgIpc) is 2.55. The Balaban J connectivity index is 2.47. The summed E-state index contributed by atoms with van der Waals surface area (Å²) in [5.74, 6) is -0.164. The van der Waals surface area contributed by atoms with Crippen LogP contribution in [0.1, 0.15) is 13.3 Å². The molecule has 0 fully saturated rings. The number of amides is 1. The van der Waals surface area contributed by atoms with Crippen molar-refractivity contribution in [2.75, 3.05) is 5.32 Å². The van der Waals surface area contributed by atoms with E-state index in [-0.39, 0.29) is 11.9 Å². The molecule has 1 rings (SSSR count). The van der Waals surface area contributed by atoms with Crippen molar-refractivity contribution in [1.82, 2.24) is 20.6 Å². The molecule has 7 heteroatoms. The molecule has 1 aromatic rings. The summed E-state index contributed by atoms with van der Waals surface area (Å²) >= 11 is 0. The molecule has 1 heterocycles. The number of anilines is 1. The third kappa shape index (κ3) is 1.99. The Labute approximate surface area is 68.7 Å². The summed E-state index contributed by atoms with van der Waals surface area (Å²) in [5.41, 5.74) is 5.43. The van der Waals surface area contributed by atoms with Crippen LogP contribution in [0.25, 0.3) is 0 Å². The van der Waals surface area contributed by atoms with Gasteiger partial charge in [0, 0.05) is 0 Å². The van der Waals surface area contributed by atoms with Crippen LogP contribution in [0.15, 0.2) is 0 Å². The second-order valence-corrected chi connectivity index (χ2v) is 2.24. The SMILES string of the molecule is CCC(N)C(=O)Nc1nn[nH]n1. The summed E-state index contributed by atoms with van der Waals surface area (Å²) < 4.78 is 0. The summed E-state index contributed by atoms with van der Waals surface area (Å²) in [6.45, 7) is 1.82. The van der Waals surface area contributed by atoms with E-state index in [1.54, 1.807) is 0 Å². The van der Waals surface area contributed by atoms with Crippen LogP contribution in [0.3, 0.4) is 0 Å². The number of nitrogens with zero attached hydrogens (tertiary/aromatic N) is 3. The van der Waals surface area contributed by atoms with Crippen LogP contribution in [0, 0.1) is 0 Å². The summed E-state index contributed by atoms with van der Waals surface area (Å²) in [6, 6.07) is -0.525. The van der Waals surface area contributed by atoms with Gasteiger partial charge in [-0.15, -0.1) is 5.10 Å². The molecule has 1 aromatic heterocycles. The fourth-order valence-electron chi connectivity index (χ4n) is 0.603. The van der Waals surface area contributed by atoms with Gasteiger partial charge in [0.15, 0.2) is 0 Å². The van der Waals surface area contributed by atoms with Gasteiger partial charge < -0.3 is 5.73 Å². The summed E-state index contributed by atoms with van der Waals surface area (Å²) in [4.78, 5) is 11.1. The maximum atomic E-state index is 11.1. The van der Waals surface area contributed by atoms with Crippen LogP contribution in [-0.4, -0.2) is 32.6 Å². The first-order valence-corrected chi connectivity index (χ1v) is 3.54. The zero-order chi connectivity index (χ0) is 8.97. The van der Waals surface area contributed by atoms with Crippen LogP contribution < -0.4 is 11.1 Å². The van der Waals surface area contributed by atoms with E-state index >= 15 is 0 Å². The number of rotatable bonds is 3. The second-order valence-electron chi connectivity index (χ2n) is 2.24. The van der Waals surface area contributed by atoms with Crippen molar-refractivity contribution in [2.24, 2.45) is 5.73 Å². The third-order valence-corrected chi connectivity index (χ3v) is 1.36. The number of nitrogens with two attached hydrogens (primary N) is 1. The van der Waals surface area contributed by atoms with Crippen molar-refractivity contribution < 1.29 is 4.79 Å². The number of aromatic nitrogens is 4. The third-order valence-electron chi connectivity index (χ3n) is 1.36. The fourth-order valence-corrected chi connectivity index (χ4v) is 0.603. The van der Waals surface area contributed by atoms with Crippen molar-refractivity contribution in [1.29, 1.82) is 0 Å². The highest BCUT2D eigenvalue weighted by atomic mass is 16.2. The van der Waals surface area contributed by atoms with Gasteiger partial charge in [-0.05, 0) is 11.6 Å². The Kier molecular flexibility index (Phi) is 2.70. The van der Waals surface area contributed by atoms with E-state index < -0.39 is 6.04 Å². The molecule has 0 radical (unpaired) electrons. The molecule has 1 unspecified atom stereocenters. The maximum absolute atomic E-state index is 11.1. The number of hydrogen-bond acceptors (Lipinski definition) is 5. The standard InChI is InChI=1S/C5H10N6O/c1-2-3(6)4(12)7-5-8-10-11-9-5/h3H,2,6H2,1H3,(H2,7,8,9,10,11,12). The minimum absolute atomic E-state index is 0.143. The molecule has 0 aromatic carbocycles. The van der Waals surface area contributed by atoms with Crippen molar-refractivity contribution in [3.05, 3.63) is 0 Å². The second kappa shape index (κ2) is 3.77. The Hall–Kier alpha value is -1.50. The molecule has 1 atom stereocenters. The molecule has 0 saturated carbocycles. The van der Waals surface area contributed by atoms with Crippen molar-refractivity contribution >= 4 is 11.9 Å². The Morgan fingerprint density at radius 1 is 1.83 bits per heavy atom. The van der Waals surface area contributed by atoms with Gasteiger partial charge >= 0.3 is 0 Å². The lowest BCUT2D eigenvalue weighted by Gasteiger charge is -2.05. The van der Waals surface area contributed by atoms with E-state index in [4.69, 9.17) is 5.73 Å². The molecule has 66 valence electrons. The highest BCUT2D eigenvalue weighted by Gasteiger charge is 2.12. The molecule has 7 nitrogen and oxygen atoms in total. The number of carbonyl (C=O) groups is 1. The monoisotopic (exact) mass is 170 g/mol. The van der Waals surface area contributed by atoms with Gasteiger partial charge in [0.25, 0.3) is 5.95 Å². The van der Waals surface area contributed by atoms with Crippen molar-refractivity contribution in [3.8, 4) is 0 Å². The van der Waals surface area contributed by atoms with E-state index in [0.717, 1.165) is 0 Å². The minimum Gasteiger partial charge on any atom is -0.320 e. The quantitative estimate of drug-likeness (QED) is 0.532. The van der Waals surface area contributed by atoms with Gasteiger partial charge in [0.05, 0.1) is 6.04 Å². The smallest absolute Gasteiger partial charge is 0.269 e. The summed E-state index contributed by atoms with van der Waals surface area (Å²) in [7, 11) is 0. The van der Waals surface area contributed by atoms with Crippen molar-refractivity contribution in [2.45, 2.75) is 19.4 Å². The van der Waals surface area contributed by atoms with Gasteiger partial charge in [-0.1, -0.05) is 12.0 Å². The maximum Gasteiger partial charge on any atom is 0.269 e. The molecule has 1 amide bonds. The molecular weight excluding hydrogens is 160 g/mol. The van der Waals surface area contributed by atoms with Crippen LogP contribution in [-0.2, 0) is 4.79 Å². The van der Waals surface area contributed by atoms with Gasteiger partial charge in [-0.3, -0.25) is 10.1 Å². The summed E-state index contributed by atoms with van der Waals surface area (Å²) in [5, 5.41) is 14.9. The molecule has 0 spiro atoms. The normalized spacial score (nSPS) is 12.5. The van der Waals surface area contributed by atoms with E-state index in [1.165, 1.54) is 0 Å².